The van der Waals surface area contributed by atoms with Crippen LogP contribution in [-0.4, -0.2) is 15.0 Å². The van der Waals surface area contributed by atoms with Gasteiger partial charge in [-0.15, -0.1) is 0 Å². The van der Waals surface area contributed by atoms with Gasteiger partial charge in [0.05, 0.1) is 22.6 Å². The van der Waals surface area contributed by atoms with Gasteiger partial charge in [0.2, 0.25) is 0 Å². The summed E-state index contributed by atoms with van der Waals surface area (Å²) < 4.78 is 6.59. The van der Waals surface area contributed by atoms with Crippen molar-refractivity contribution in [2.75, 3.05) is 0 Å². The van der Waals surface area contributed by atoms with Crippen molar-refractivity contribution in [3.05, 3.63) is 200 Å². The molecule has 0 aliphatic heterocycles. The first-order valence-corrected chi connectivity index (χ1v) is 19.2. The van der Waals surface area contributed by atoms with Crippen LogP contribution >= 0.6 is 0 Å². The summed E-state index contributed by atoms with van der Waals surface area (Å²) in [7, 11) is 0. The molecule has 4 nitrogen and oxygen atoms in total. The highest BCUT2D eigenvalue weighted by molar-refractivity contribution is 6.27. The number of pyridine rings is 1. The van der Waals surface area contributed by atoms with Gasteiger partial charge < -0.3 is 4.42 Å². The van der Waals surface area contributed by atoms with E-state index in [4.69, 9.17) is 19.4 Å². The van der Waals surface area contributed by atoms with Gasteiger partial charge in [-0.2, -0.15) is 0 Å². The molecule has 3 heterocycles. The molecule has 0 aliphatic carbocycles. The summed E-state index contributed by atoms with van der Waals surface area (Å²) in [5.74, 6) is 0.703. The number of para-hydroxylation sites is 2. The fourth-order valence-electron chi connectivity index (χ4n) is 8.18. The number of rotatable bonds is 6. The number of nitrogens with zero attached hydrogens (tertiary/aromatic N) is 3. The zero-order valence-corrected chi connectivity index (χ0v) is 30.8. The number of fused-ring (bicyclic) bond motifs is 6. The van der Waals surface area contributed by atoms with E-state index < -0.39 is 0 Å². The molecule has 0 N–H and O–H groups in total. The van der Waals surface area contributed by atoms with Crippen molar-refractivity contribution in [1.82, 2.24) is 15.0 Å². The van der Waals surface area contributed by atoms with Crippen molar-refractivity contribution >= 4 is 43.6 Å². The van der Waals surface area contributed by atoms with E-state index in [0.717, 1.165) is 99.8 Å². The second kappa shape index (κ2) is 13.6. The Morgan fingerprint density at radius 2 is 0.877 bits per heavy atom. The Morgan fingerprint density at radius 1 is 0.316 bits per heavy atom. The molecule has 4 heteroatoms. The van der Waals surface area contributed by atoms with Crippen molar-refractivity contribution in [2.45, 2.75) is 0 Å². The van der Waals surface area contributed by atoms with Crippen LogP contribution in [0.2, 0.25) is 0 Å². The SMILES string of the molecule is c1ccc(-c2cc(-c3ccc(-c4cccc(-c5nc6ccccc6c6c(-c7ccccc7)c7c(cc56)oc5ccccc57)c4)cc3)nc(-c3ccccc3)n2)cc1. The van der Waals surface area contributed by atoms with E-state index in [-0.39, 0.29) is 0 Å². The van der Waals surface area contributed by atoms with Gasteiger partial charge >= 0.3 is 0 Å². The third-order valence-corrected chi connectivity index (χ3v) is 10.9. The lowest BCUT2D eigenvalue weighted by molar-refractivity contribution is 0.669. The van der Waals surface area contributed by atoms with Crippen LogP contribution in [0.5, 0.6) is 0 Å². The molecule has 266 valence electrons. The summed E-state index contributed by atoms with van der Waals surface area (Å²) in [4.78, 5) is 15.4. The van der Waals surface area contributed by atoms with Gasteiger partial charge in [0.1, 0.15) is 11.2 Å². The molecular weight excluding hydrogens is 695 g/mol. The number of hydrogen-bond acceptors (Lipinski definition) is 4. The molecule has 0 atom stereocenters. The molecule has 3 aromatic heterocycles. The molecule has 0 amide bonds. The van der Waals surface area contributed by atoms with Crippen LogP contribution in [0.1, 0.15) is 0 Å². The number of aromatic nitrogens is 3. The molecule has 8 aromatic carbocycles. The molecule has 11 aromatic rings. The van der Waals surface area contributed by atoms with Gasteiger partial charge in [0, 0.05) is 54.7 Å². The topological polar surface area (TPSA) is 51.8 Å². The third kappa shape index (κ3) is 5.74. The highest BCUT2D eigenvalue weighted by Gasteiger charge is 2.22. The maximum absolute atomic E-state index is 6.59. The van der Waals surface area contributed by atoms with Crippen LogP contribution in [0.3, 0.4) is 0 Å². The van der Waals surface area contributed by atoms with E-state index in [1.54, 1.807) is 0 Å². The van der Waals surface area contributed by atoms with Gasteiger partial charge in [-0.05, 0) is 47.0 Å². The summed E-state index contributed by atoms with van der Waals surface area (Å²) in [6.07, 6.45) is 0. The van der Waals surface area contributed by atoms with Crippen LogP contribution < -0.4 is 0 Å². The largest absolute Gasteiger partial charge is 0.456 e. The van der Waals surface area contributed by atoms with E-state index in [0.29, 0.717) is 5.82 Å². The first kappa shape index (κ1) is 32.7. The maximum atomic E-state index is 6.59. The van der Waals surface area contributed by atoms with Gasteiger partial charge in [0.15, 0.2) is 5.82 Å². The second-order valence-electron chi connectivity index (χ2n) is 14.3. The summed E-state index contributed by atoms with van der Waals surface area (Å²) in [5.41, 5.74) is 14.0. The summed E-state index contributed by atoms with van der Waals surface area (Å²) >= 11 is 0. The minimum atomic E-state index is 0.703. The highest BCUT2D eigenvalue weighted by atomic mass is 16.3. The van der Waals surface area contributed by atoms with E-state index in [1.807, 2.05) is 42.5 Å². The molecule has 0 saturated heterocycles. The lowest BCUT2D eigenvalue weighted by Crippen LogP contribution is -1.95. The molecule has 0 radical (unpaired) electrons. The van der Waals surface area contributed by atoms with Gasteiger partial charge in [-0.1, -0.05) is 170 Å². The molecule has 0 aliphatic rings. The van der Waals surface area contributed by atoms with E-state index in [9.17, 15) is 0 Å². The van der Waals surface area contributed by atoms with Crippen LogP contribution in [0.4, 0.5) is 0 Å². The zero-order chi connectivity index (χ0) is 37.7. The summed E-state index contributed by atoms with van der Waals surface area (Å²) in [6.45, 7) is 0. The van der Waals surface area contributed by atoms with Gasteiger partial charge in [-0.25, -0.2) is 15.0 Å². The van der Waals surface area contributed by atoms with Crippen molar-refractivity contribution in [1.29, 1.82) is 0 Å². The van der Waals surface area contributed by atoms with E-state index in [1.165, 1.54) is 5.39 Å². The number of hydrogen-bond donors (Lipinski definition) is 0. The minimum absolute atomic E-state index is 0.703. The van der Waals surface area contributed by atoms with Gasteiger partial charge in [-0.3, -0.25) is 0 Å². The average molecular weight is 728 g/mol. The molecule has 0 bridgehead atoms. The smallest absolute Gasteiger partial charge is 0.160 e. The predicted molar refractivity (Wildman–Crippen MR) is 235 cm³/mol. The Balaban J connectivity index is 1.06. The van der Waals surface area contributed by atoms with Crippen molar-refractivity contribution in [2.24, 2.45) is 0 Å². The molecular formula is C53H33N3O. The Bertz CT molecular complexity index is 3210. The second-order valence-corrected chi connectivity index (χ2v) is 14.3. The van der Waals surface area contributed by atoms with Gasteiger partial charge in [0.25, 0.3) is 0 Å². The van der Waals surface area contributed by atoms with Crippen molar-refractivity contribution < 1.29 is 4.42 Å². The van der Waals surface area contributed by atoms with Crippen molar-refractivity contribution in [3.8, 4) is 67.4 Å². The van der Waals surface area contributed by atoms with Crippen LogP contribution in [0, 0.1) is 0 Å². The molecule has 0 spiro atoms. The maximum Gasteiger partial charge on any atom is 0.160 e. The fourth-order valence-corrected chi connectivity index (χ4v) is 8.18. The minimum Gasteiger partial charge on any atom is -0.456 e. The van der Waals surface area contributed by atoms with Crippen LogP contribution in [-0.2, 0) is 0 Å². The normalized spacial score (nSPS) is 11.5. The standard InChI is InChI=1S/C53H33N3O/c1-4-15-35(16-5-1)45-33-46(56-53(55-45)38-19-8-3-9-20-38)36-29-27-34(28-30-36)39-21-14-22-40(31-39)52-43-32-48-51(42-24-11-13-26-47(42)57-48)49(37-17-6-2-7-18-37)50(43)41-23-10-12-25-44(41)54-52/h1-33H. The molecule has 0 unspecified atom stereocenters. The third-order valence-electron chi connectivity index (χ3n) is 10.9. The summed E-state index contributed by atoms with van der Waals surface area (Å²) in [5, 5.41) is 5.57. The summed E-state index contributed by atoms with van der Waals surface area (Å²) in [6, 6.07) is 69.6. The van der Waals surface area contributed by atoms with Crippen molar-refractivity contribution in [3.63, 3.8) is 0 Å². The molecule has 0 saturated carbocycles. The number of benzene rings is 8. The molecule has 0 fully saturated rings. The fraction of sp³-hybridized carbons (Fsp3) is 0. The lowest BCUT2D eigenvalue weighted by atomic mass is 9.89. The number of furan rings is 1. The Labute approximate surface area is 329 Å². The Kier molecular flexibility index (Phi) is 7.78. The predicted octanol–water partition coefficient (Wildman–Crippen LogP) is 14.1. The quantitative estimate of drug-likeness (QED) is 0.160. The van der Waals surface area contributed by atoms with Crippen LogP contribution in [0.15, 0.2) is 205 Å². The van der Waals surface area contributed by atoms with E-state index in [2.05, 4.69) is 158 Å². The Morgan fingerprint density at radius 3 is 1.61 bits per heavy atom. The zero-order valence-electron chi connectivity index (χ0n) is 30.8. The molecule has 11 rings (SSSR count). The highest BCUT2D eigenvalue weighted by Crippen LogP contribution is 2.46. The first-order chi connectivity index (χ1) is 28.2. The Hall–Kier alpha value is -7.69. The average Bonchev–Trinajstić information content (AvgIpc) is 3.67. The lowest BCUT2D eigenvalue weighted by Gasteiger charge is -2.16. The molecule has 57 heavy (non-hydrogen) atoms. The van der Waals surface area contributed by atoms with Crippen LogP contribution in [0.25, 0.3) is 111 Å². The monoisotopic (exact) mass is 727 g/mol. The van der Waals surface area contributed by atoms with E-state index >= 15 is 0 Å². The first-order valence-electron chi connectivity index (χ1n) is 19.2.